The Hall–Kier alpha value is -3.87. The van der Waals surface area contributed by atoms with Crippen molar-refractivity contribution in [1.29, 1.82) is 0 Å². The summed E-state index contributed by atoms with van der Waals surface area (Å²) in [7, 11) is 0. The first-order valence-electron chi connectivity index (χ1n) is 14.2. The molecular weight excluding hydrogens is 551 g/mol. The number of nitrogens with one attached hydrogen (secondary N) is 1. The van der Waals surface area contributed by atoms with Gasteiger partial charge < -0.3 is 25.4 Å². The molecule has 0 saturated carbocycles. The SMILES string of the molecule is CCOC(=O)[C@@H]1CC2(CCN(c3cc(O[C@H](c4cc(CC)ccc4-n4ccc(C)n4)C(F)(F)F)nc(N)n3)CC2)CN1. The first-order valence-corrected chi connectivity index (χ1v) is 14.2. The highest BCUT2D eigenvalue weighted by molar-refractivity contribution is 5.76. The van der Waals surface area contributed by atoms with Crippen LogP contribution < -0.4 is 20.7 Å². The summed E-state index contributed by atoms with van der Waals surface area (Å²) in [6.07, 6.45) is -2.68. The molecule has 5 rings (SSSR count). The maximum atomic E-state index is 14.6. The molecule has 42 heavy (non-hydrogen) atoms. The van der Waals surface area contributed by atoms with Crippen molar-refractivity contribution in [2.24, 2.45) is 5.41 Å². The molecule has 3 N–H and O–H groups in total. The van der Waals surface area contributed by atoms with Gasteiger partial charge in [-0.3, -0.25) is 4.79 Å². The number of carbonyl (C=O) groups excluding carboxylic acids is 1. The van der Waals surface area contributed by atoms with Crippen LogP contribution in [-0.2, 0) is 16.0 Å². The van der Waals surface area contributed by atoms with E-state index in [0.717, 1.165) is 18.4 Å². The Morgan fingerprint density at radius 3 is 2.60 bits per heavy atom. The first kappa shape index (κ1) is 29.6. The van der Waals surface area contributed by atoms with E-state index < -0.39 is 12.3 Å². The van der Waals surface area contributed by atoms with Crippen LogP contribution in [0.3, 0.4) is 0 Å². The molecule has 0 radical (unpaired) electrons. The van der Waals surface area contributed by atoms with Crippen molar-refractivity contribution in [3.63, 3.8) is 0 Å². The average Bonchev–Trinajstić information content (AvgIpc) is 3.57. The van der Waals surface area contributed by atoms with Gasteiger partial charge in [0, 0.05) is 37.5 Å². The quantitative estimate of drug-likeness (QED) is 0.372. The van der Waals surface area contributed by atoms with Gasteiger partial charge in [0.15, 0.2) is 0 Å². The molecule has 4 heterocycles. The molecule has 2 fully saturated rings. The minimum absolute atomic E-state index is 0.0568. The Bertz CT molecular complexity index is 1420. The third kappa shape index (κ3) is 6.30. The molecule has 0 bridgehead atoms. The molecule has 2 atom stereocenters. The van der Waals surface area contributed by atoms with Crippen molar-refractivity contribution in [3.8, 4) is 11.6 Å². The fourth-order valence-corrected chi connectivity index (χ4v) is 5.79. The van der Waals surface area contributed by atoms with Gasteiger partial charge in [-0.1, -0.05) is 13.0 Å². The number of nitrogen functional groups attached to an aromatic ring is 1. The van der Waals surface area contributed by atoms with Crippen LogP contribution in [-0.4, -0.2) is 64.2 Å². The smallest absolute Gasteiger partial charge is 0.429 e. The van der Waals surface area contributed by atoms with E-state index in [1.165, 1.54) is 16.8 Å². The molecule has 3 aromatic rings. The highest BCUT2D eigenvalue weighted by Gasteiger charge is 2.46. The van der Waals surface area contributed by atoms with Crippen molar-refractivity contribution >= 4 is 17.7 Å². The monoisotopic (exact) mass is 587 g/mol. The third-order valence-corrected chi connectivity index (χ3v) is 8.07. The minimum Gasteiger partial charge on any atom is -0.465 e. The Morgan fingerprint density at radius 1 is 1.19 bits per heavy atom. The highest BCUT2D eigenvalue weighted by atomic mass is 19.4. The van der Waals surface area contributed by atoms with E-state index in [1.807, 2.05) is 11.8 Å². The van der Waals surface area contributed by atoms with E-state index in [0.29, 0.717) is 50.6 Å². The van der Waals surface area contributed by atoms with Crippen LogP contribution in [0.2, 0.25) is 0 Å². The number of nitrogens with two attached hydrogens (primary N) is 1. The summed E-state index contributed by atoms with van der Waals surface area (Å²) in [6.45, 7) is 7.65. The maximum absolute atomic E-state index is 14.6. The van der Waals surface area contributed by atoms with E-state index in [9.17, 15) is 18.0 Å². The lowest BCUT2D eigenvalue weighted by Gasteiger charge is -2.39. The second-order valence-corrected chi connectivity index (χ2v) is 11.0. The van der Waals surface area contributed by atoms with Crippen molar-refractivity contribution in [1.82, 2.24) is 25.1 Å². The molecule has 226 valence electrons. The van der Waals surface area contributed by atoms with Gasteiger partial charge in [-0.15, -0.1) is 0 Å². The predicted molar refractivity (Wildman–Crippen MR) is 150 cm³/mol. The molecule has 2 aliphatic rings. The number of benzene rings is 1. The second kappa shape index (κ2) is 11.8. The van der Waals surface area contributed by atoms with E-state index in [1.54, 1.807) is 38.2 Å². The zero-order chi connectivity index (χ0) is 30.1. The highest BCUT2D eigenvalue weighted by Crippen LogP contribution is 2.42. The summed E-state index contributed by atoms with van der Waals surface area (Å²) >= 11 is 0. The zero-order valence-corrected chi connectivity index (χ0v) is 23.9. The number of esters is 1. The van der Waals surface area contributed by atoms with Gasteiger partial charge in [-0.25, -0.2) is 4.68 Å². The van der Waals surface area contributed by atoms with Crippen molar-refractivity contribution in [2.75, 3.05) is 36.9 Å². The van der Waals surface area contributed by atoms with E-state index in [4.69, 9.17) is 15.2 Å². The van der Waals surface area contributed by atoms with E-state index >= 15 is 0 Å². The lowest BCUT2D eigenvalue weighted by molar-refractivity contribution is -0.198. The number of aromatic nitrogens is 4. The number of carbonyl (C=O) groups is 1. The standard InChI is InChI=1S/C29H36F3N7O3/c1-4-19-6-7-22(39-11-8-18(3)37-39)20(14-19)25(29(30,31)32)42-24-15-23(35-27(33)36-24)38-12-9-28(10-13-38)16-21(34-17-28)26(40)41-5-2/h6-8,11,14-15,21,25,34H,4-5,9-10,12-13,16-17H2,1-3H3,(H2,33,35,36)/t21-,25+/m0/s1. The molecule has 13 heteroatoms. The Labute approximate surface area is 242 Å². The summed E-state index contributed by atoms with van der Waals surface area (Å²) in [5.41, 5.74) is 7.50. The van der Waals surface area contributed by atoms with Crippen molar-refractivity contribution in [2.45, 2.75) is 64.8 Å². The molecule has 0 unspecified atom stereocenters. The number of aryl methyl sites for hydroxylation is 2. The number of hydrogen-bond donors (Lipinski definition) is 2. The Kier molecular flexibility index (Phi) is 8.31. The lowest BCUT2D eigenvalue weighted by Crippen LogP contribution is -2.41. The number of ether oxygens (including phenoxy) is 2. The third-order valence-electron chi connectivity index (χ3n) is 8.07. The fraction of sp³-hybridized carbons (Fsp3) is 0.517. The van der Waals surface area contributed by atoms with Gasteiger partial charge in [-0.2, -0.15) is 28.2 Å². The molecule has 2 aliphatic heterocycles. The Balaban J connectivity index is 1.38. The van der Waals surface area contributed by atoms with Crippen molar-refractivity contribution in [3.05, 3.63) is 53.3 Å². The van der Waals surface area contributed by atoms with Gasteiger partial charge in [-0.05, 0) is 68.7 Å². The number of rotatable bonds is 8. The fourth-order valence-electron chi connectivity index (χ4n) is 5.79. The topological polar surface area (TPSA) is 120 Å². The molecule has 10 nitrogen and oxygen atoms in total. The summed E-state index contributed by atoms with van der Waals surface area (Å²) in [4.78, 5) is 22.5. The number of piperidine rings is 1. The average molecular weight is 588 g/mol. The maximum Gasteiger partial charge on any atom is 0.429 e. The molecule has 1 spiro atoms. The molecule has 2 saturated heterocycles. The van der Waals surface area contributed by atoms with Crippen LogP contribution in [0.5, 0.6) is 5.88 Å². The summed E-state index contributed by atoms with van der Waals surface area (Å²) in [5.74, 6) is -0.295. The summed E-state index contributed by atoms with van der Waals surface area (Å²) in [5, 5.41) is 7.60. The number of halogens is 3. The van der Waals surface area contributed by atoms with Gasteiger partial charge in [0.25, 0.3) is 0 Å². The van der Waals surface area contributed by atoms with Crippen LogP contribution in [0, 0.1) is 12.3 Å². The number of nitrogens with zero attached hydrogens (tertiary/aromatic N) is 5. The number of alkyl halides is 3. The lowest BCUT2D eigenvalue weighted by atomic mass is 9.76. The minimum atomic E-state index is -4.76. The normalized spacial score (nSPS) is 19.2. The second-order valence-electron chi connectivity index (χ2n) is 11.0. The number of anilines is 2. The van der Waals surface area contributed by atoms with Crippen LogP contribution in [0.25, 0.3) is 5.69 Å². The van der Waals surface area contributed by atoms with Gasteiger partial charge in [0.05, 0.1) is 18.0 Å². The zero-order valence-electron chi connectivity index (χ0n) is 23.9. The summed E-state index contributed by atoms with van der Waals surface area (Å²) in [6, 6.07) is 7.70. The molecule has 0 aliphatic carbocycles. The van der Waals surface area contributed by atoms with Gasteiger partial charge in [0.2, 0.25) is 17.9 Å². The summed E-state index contributed by atoms with van der Waals surface area (Å²) < 4.78 is 56.0. The molecule has 0 amide bonds. The first-order chi connectivity index (χ1) is 20.0. The molecule has 1 aromatic carbocycles. The Morgan fingerprint density at radius 2 is 1.95 bits per heavy atom. The van der Waals surface area contributed by atoms with Gasteiger partial charge >= 0.3 is 12.1 Å². The van der Waals surface area contributed by atoms with E-state index in [2.05, 4.69) is 20.4 Å². The molecule has 2 aromatic heterocycles. The predicted octanol–water partition coefficient (Wildman–Crippen LogP) is 4.31. The molecular formula is C29H36F3N7O3. The van der Waals surface area contributed by atoms with Crippen LogP contribution >= 0.6 is 0 Å². The van der Waals surface area contributed by atoms with E-state index in [-0.39, 0.29) is 40.5 Å². The number of hydrogen-bond acceptors (Lipinski definition) is 9. The van der Waals surface area contributed by atoms with Crippen LogP contribution in [0.15, 0.2) is 36.5 Å². The van der Waals surface area contributed by atoms with Gasteiger partial charge in [0.1, 0.15) is 11.9 Å². The van der Waals surface area contributed by atoms with Crippen molar-refractivity contribution < 1.29 is 27.4 Å². The van der Waals surface area contributed by atoms with Crippen LogP contribution in [0.4, 0.5) is 24.9 Å². The largest absolute Gasteiger partial charge is 0.465 e. The van der Waals surface area contributed by atoms with Crippen LogP contribution in [0.1, 0.15) is 56.0 Å².